The van der Waals surface area contributed by atoms with Crippen molar-refractivity contribution in [3.05, 3.63) is 41.8 Å². The summed E-state index contributed by atoms with van der Waals surface area (Å²) in [6.45, 7) is 2.02. The van der Waals surface area contributed by atoms with Crippen molar-refractivity contribution in [3.63, 3.8) is 0 Å². The van der Waals surface area contributed by atoms with Gasteiger partial charge in [0, 0.05) is 12.2 Å². The third-order valence-corrected chi connectivity index (χ3v) is 5.64. The molecule has 2 aromatic heterocycles. The van der Waals surface area contributed by atoms with Crippen LogP contribution in [0.3, 0.4) is 0 Å². The molecule has 0 radical (unpaired) electrons. The number of amides is 1. The lowest BCUT2D eigenvalue weighted by Gasteiger charge is -2.10. The van der Waals surface area contributed by atoms with Crippen LogP contribution < -0.4 is 10.1 Å². The zero-order valence-electron chi connectivity index (χ0n) is 16.6. The van der Waals surface area contributed by atoms with Gasteiger partial charge in [-0.2, -0.15) is 0 Å². The van der Waals surface area contributed by atoms with Gasteiger partial charge in [0.2, 0.25) is 0 Å². The van der Waals surface area contributed by atoms with E-state index >= 15 is 0 Å². The number of benzene rings is 1. The van der Waals surface area contributed by atoms with Crippen molar-refractivity contribution in [1.29, 1.82) is 0 Å². The van der Waals surface area contributed by atoms with Crippen molar-refractivity contribution in [3.8, 4) is 16.5 Å². The van der Waals surface area contributed by atoms with Crippen LogP contribution in [0.4, 0.5) is 18.9 Å². The summed E-state index contributed by atoms with van der Waals surface area (Å²) in [6.07, 6.45) is -4.80. The number of esters is 1. The standard InChI is InChI=1S/C19H17F3N4O4S2/c1-2-26-17(14-4-3-9-31-14)24-25-18(26)32-11-16(28)29-10-15(27)23-12-5-7-13(8-6-12)30-19(20,21)22/h3-9H,2,10-11H2,1H3,(H,23,27). The molecule has 1 N–H and O–H groups in total. The number of anilines is 1. The first-order valence-electron chi connectivity index (χ1n) is 9.16. The van der Waals surface area contributed by atoms with Crippen molar-refractivity contribution in [1.82, 2.24) is 14.8 Å². The van der Waals surface area contributed by atoms with Gasteiger partial charge in [-0.3, -0.25) is 9.59 Å². The molecular weight excluding hydrogens is 469 g/mol. The molecule has 1 amide bonds. The van der Waals surface area contributed by atoms with E-state index in [0.29, 0.717) is 17.5 Å². The van der Waals surface area contributed by atoms with E-state index in [1.165, 1.54) is 23.5 Å². The second-order valence-electron chi connectivity index (χ2n) is 6.10. The van der Waals surface area contributed by atoms with Gasteiger partial charge >= 0.3 is 12.3 Å². The molecule has 0 saturated carbocycles. The van der Waals surface area contributed by atoms with Crippen molar-refractivity contribution in [2.75, 3.05) is 17.7 Å². The lowest BCUT2D eigenvalue weighted by Crippen LogP contribution is -2.21. The maximum absolute atomic E-state index is 12.2. The van der Waals surface area contributed by atoms with Gasteiger partial charge in [-0.25, -0.2) is 0 Å². The van der Waals surface area contributed by atoms with Crippen LogP contribution in [0.25, 0.3) is 10.7 Å². The van der Waals surface area contributed by atoms with Gasteiger partial charge in [0.15, 0.2) is 17.6 Å². The fraction of sp³-hybridized carbons (Fsp3) is 0.263. The van der Waals surface area contributed by atoms with Crippen LogP contribution in [0.2, 0.25) is 0 Å². The molecule has 3 rings (SSSR count). The minimum atomic E-state index is -4.80. The summed E-state index contributed by atoms with van der Waals surface area (Å²) in [5, 5.41) is 13.2. The largest absolute Gasteiger partial charge is 0.573 e. The number of halogens is 3. The maximum Gasteiger partial charge on any atom is 0.573 e. The summed E-state index contributed by atoms with van der Waals surface area (Å²) in [5.41, 5.74) is 0.229. The molecule has 0 saturated heterocycles. The average Bonchev–Trinajstić information content (AvgIpc) is 3.40. The Hall–Kier alpha value is -3.06. The normalized spacial score (nSPS) is 11.2. The van der Waals surface area contributed by atoms with Crippen LogP contribution in [-0.4, -0.2) is 45.4 Å². The fourth-order valence-electron chi connectivity index (χ4n) is 2.52. The second-order valence-corrected chi connectivity index (χ2v) is 7.99. The smallest absolute Gasteiger partial charge is 0.455 e. The van der Waals surface area contributed by atoms with E-state index in [1.54, 1.807) is 0 Å². The molecule has 170 valence electrons. The maximum atomic E-state index is 12.2. The van der Waals surface area contributed by atoms with Crippen LogP contribution in [0.15, 0.2) is 46.9 Å². The van der Waals surface area contributed by atoms with E-state index in [-0.39, 0.29) is 11.4 Å². The Labute approximate surface area is 188 Å². The summed E-state index contributed by atoms with van der Waals surface area (Å²) in [6, 6.07) is 8.42. The Bertz CT molecular complexity index is 1050. The number of rotatable bonds is 9. The van der Waals surface area contributed by atoms with Gasteiger partial charge in [0.25, 0.3) is 5.91 Å². The van der Waals surface area contributed by atoms with Crippen molar-refractivity contribution >= 4 is 40.7 Å². The van der Waals surface area contributed by atoms with Crippen LogP contribution in [0.1, 0.15) is 6.92 Å². The number of hydrogen-bond acceptors (Lipinski definition) is 8. The molecule has 0 spiro atoms. The third-order valence-electron chi connectivity index (χ3n) is 3.83. The van der Waals surface area contributed by atoms with E-state index in [0.717, 1.165) is 28.8 Å². The first-order valence-corrected chi connectivity index (χ1v) is 11.0. The molecule has 0 aliphatic rings. The topological polar surface area (TPSA) is 95.3 Å². The molecule has 8 nitrogen and oxygen atoms in total. The molecule has 0 aliphatic carbocycles. The highest BCUT2D eigenvalue weighted by atomic mass is 32.2. The predicted octanol–water partition coefficient (Wildman–Crippen LogP) is 4.20. The zero-order chi connectivity index (χ0) is 23.1. The van der Waals surface area contributed by atoms with Crippen LogP contribution in [-0.2, 0) is 20.9 Å². The lowest BCUT2D eigenvalue weighted by atomic mass is 10.3. The average molecular weight is 486 g/mol. The lowest BCUT2D eigenvalue weighted by molar-refractivity contribution is -0.274. The molecular formula is C19H17F3N4O4S2. The highest BCUT2D eigenvalue weighted by Crippen LogP contribution is 2.27. The van der Waals surface area contributed by atoms with Crippen molar-refractivity contribution < 1.29 is 32.2 Å². The minimum absolute atomic E-state index is 0.0701. The fourth-order valence-corrected chi connectivity index (χ4v) is 4.03. The molecule has 0 fully saturated rings. The molecule has 0 aliphatic heterocycles. The van der Waals surface area contributed by atoms with Crippen LogP contribution >= 0.6 is 23.1 Å². The Kier molecular flexibility index (Phi) is 7.75. The molecule has 2 heterocycles. The van der Waals surface area contributed by atoms with Crippen molar-refractivity contribution in [2.45, 2.75) is 25.0 Å². The second kappa shape index (κ2) is 10.5. The Morgan fingerprint density at radius 1 is 1.19 bits per heavy atom. The molecule has 3 aromatic rings. The van der Waals surface area contributed by atoms with Crippen LogP contribution in [0.5, 0.6) is 5.75 Å². The first-order chi connectivity index (χ1) is 15.2. The van der Waals surface area contributed by atoms with Gasteiger partial charge in [-0.05, 0) is 42.6 Å². The van der Waals surface area contributed by atoms with Gasteiger partial charge in [0.1, 0.15) is 5.75 Å². The number of ether oxygens (including phenoxy) is 2. The first kappa shape index (κ1) is 23.6. The molecule has 13 heteroatoms. The Balaban J connectivity index is 1.45. The number of thioether (sulfide) groups is 1. The van der Waals surface area contributed by atoms with Gasteiger partial charge in [-0.15, -0.1) is 34.7 Å². The van der Waals surface area contributed by atoms with Gasteiger partial charge in [0.05, 0.1) is 10.6 Å². The van der Waals surface area contributed by atoms with E-state index < -0.39 is 30.6 Å². The molecule has 32 heavy (non-hydrogen) atoms. The third kappa shape index (κ3) is 6.72. The van der Waals surface area contributed by atoms with Gasteiger partial charge < -0.3 is 19.4 Å². The number of carbonyl (C=O) groups excluding carboxylic acids is 2. The zero-order valence-corrected chi connectivity index (χ0v) is 18.2. The molecule has 1 aromatic carbocycles. The highest BCUT2D eigenvalue weighted by Gasteiger charge is 2.31. The van der Waals surface area contributed by atoms with Gasteiger partial charge in [-0.1, -0.05) is 17.8 Å². The van der Waals surface area contributed by atoms with Crippen LogP contribution in [0, 0.1) is 0 Å². The van der Waals surface area contributed by atoms with Crippen molar-refractivity contribution in [2.24, 2.45) is 0 Å². The number of hydrogen-bond donors (Lipinski definition) is 1. The quantitative estimate of drug-likeness (QED) is 0.358. The molecule has 0 bridgehead atoms. The number of carbonyl (C=O) groups is 2. The predicted molar refractivity (Wildman–Crippen MR) is 112 cm³/mol. The molecule has 0 unspecified atom stereocenters. The summed E-state index contributed by atoms with van der Waals surface area (Å²) >= 11 is 2.67. The monoisotopic (exact) mass is 486 g/mol. The SMILES string of the molecule is CCn1c(SCC(=O)OCC(=O)Nc2ccc(OC(F)(F)F)cc2)nnc1-c1cccs1. The van der Waals surface area contributed by atoms with E-state index in [1.807, 2.05) is 29.0 Å². The summed E-state index contributed by atoms with van der Waals surface area (Å²) in [5.74, 6) is -1.03. The summed E-state index contributed by atoms with van der Waals surface area (Å²) in [4.78, 5) is 24.9. The number of nitrogens with zero attached hydrogens (tertiary/aromatic N) is 3. The van der Waals surface area contributed by atoms with E-state index in [4.69, 9.17) is 4.74 Å². The Morgan fingerprint density at radius 2 is 1.94 bits per heavy atom. The van der Waals surface area contributed by atoms with E-state index in [2.05, 4.69) is 20.3 Å². The number of alkyl halides is 3. The summed E-state index contributed by atoms with van der Waals surface area (Å²) in [7, 11) is 0. The molecule has 0 atom stereocenters. The number of thiophene rings is 1. The number of aromatic nitrogens is 3. The Morgan fingerprint density at radius 3 is 2.56 bits per heavy atom. The summed E-state index contributed by atoms with van der Waals surface area (Å²) < 4.78 is 47.0. The highest BCUT2D eigenvalue weighted by molar-refractivity contribution is 7.99. The van der Waals surface area contributed by atoms with E-state index in [9.17, 15) is 22.8 Å². The number of nitrogens with one attached hydrogen (secondary N) is 1. The minimum Gasteiger partial charge on any atom is -0.455 e.